The van der Waals surface area contributed by atoms with Crippen molar-refractivity contribution in [2.24, 2.45) is 0 Å². The van der Waals surface area contributed by atoms with Gasteiger partial charge in [-0.3, -0.25) is 19.4 Å². The smallest absolute Gasteiger partial charge is 0.272 e. The summed E-state index contributed by atoms with van der Waals surface area (Å²) < 4.78 is 1.86. The fraction of sp³-hybridized carbons (Fsp3) is 0.500. The van der Waals surface area contributed by atoms with Crippen LogP contribution in [-0.4, -0.2) is 61.2 Å². The minimum Gasteiger partial charge on any atom is -0.339 e. The van der Waals surface area contributed by atoms with E-state index in [0.29, 0.717) is 24.3 Å². The number of likely N-dealkylation sites (tertiary alicyclic amines) is 1. The molecule has 0 unspecified atom stereocenters. The Morgan fingerprint density at radius 2 is 1.79 bits per heavy atom. The van der Waals surface area contributed by atoms with E-state index in [2.05, 4.69) is 15.3 Å². The molecule has 1 saturated heterocycles. The number of nitrogens with one attached hydrogen (secondary N) is 1. The average molecular weight is 328 g/mol. The van der Waals surface area contributed by atoms with Gasteiger partial charge in [-0.05, 0) is 25.3 Å². The molecule has 2 aliphatic heterocycles. The first-order valence-corrected chi connectivity index (χ1v) is 8.36. The summed E-state index contributed by atoms with van der Waals surface area (Å²) in [6, 6.07) is 1.67. The van der Waals surface area contributed by atoms with Gasteiger partial charge in [0.2, 0.25) is 0 Å². The van der Waals surface area contributed by atoms with E-state index in [1.54, 1.807) is 23.4 Å². The molecule has 0 radical (unpaired) electrons. The molecule has 4 rings (SSSR count). The average Bonchev–Trinajstić information content (AvgIpc) is 3.33. The summed E-state index contributed by atoms with van der Waals surface area (Å²) >= 11 is 0. The van der Waals surface area contributed by atoms with Crippen LogP contribution in [0.4, 0.5) is 0 Å². The summed E-state index contributed by atoms with van der Waals surface area (Å²) in [5.74, 6) is -0.0636. The lowest BCUT2D eigenvalue weighted by Crippen LogP contribution is -2.33. The Kier molecular flexibility index (Phi) is 3.79. The molecule has 0 aliphatic carbocycles. The zero-order chi connectivity index (χ0) is 16.5. The minimum atomic E-state index is -0.0956. The summed E-state index contributed by atoms with van der Waals surface area (Å²) in [5, 5.41) is 10.9. The molecule has 24 heavy (non-hydrogen) atoms. The first-order valence-electron chi connectivity index (χ1n) is 8.36. The van der Waals surface area contributed by atoms with Crippen LogP contribution < -0.4 is 0 Å². The van der Waals surface area contributed by atoms with Crippen molar-refractivity contribution in [3.05, 3.63) is 35.4 Å². The minimum absolute atomic E-state index is 0.0320. The van der Waals surface area contributed by atoms with Crippen LogP contribution in [-0.2, 0) is 13.1 Å². The number of aryl methyl sites for hydroxylation is 1. The Bertz CT molecular complexity index is 745. The van der Waals surface area contributed by atoms with Crippen LogP contribution in [0.15, 0.2) is 18.5 Å². The predicted molar refractivity (Wildman–Crippen MR) is 85.3 cm³/mol. The highest BCUT2D eigenvalue weighted by molar-refractivity contribution is 5.96. The molecule has 1 fully saturated rings. The molecule has 0 aromatic carbocycles. The van der Waals surface area contributed by atoms with Crippen molar-refractivity contribution < 1.29 is 9.59 Å². The number of aromatic nitrogens is 4. The zero-order valence-electron chi connectivity index (χ0n) is 13.4. The molecule has 8 heteroatoms. The van der Waals surface area contributed by atoms with Crippen LogP contribution in [0.3, 0.4) is 0 Å². The summed E-state index contributed by atoms with van der Waals surface area (Å²) in [6.07, 6.45) is 6.14. The third-order valence-corrected chi connectivity index (χ3v) is 4.73. The maximum absolute atomic E-state index is 12.8. The highest BCUT2D eigenvalue weighted by Gasteiger charge is 2.28. The Morgan fingerprint density at radius 1 is 1.00 bits per heavy atom. The molecule has 126 valence electrons. The molecule has 2 aliphatic rings. The Balaban J connectivity index is 1.60. The SMILES string of the molecule is O=C(c1ccn[nH]1)N1CCCn2ncc(C(=O)N3CCCC3)c2C1. The van der Waals surface area contributed by atoms with E-state index in [0.717, 1.165) is 44.6 Å². The van der Waals surface area contributed by atoms with E-state index < -0.39 is 0 Å². The standard InChI is InChI=1S/C16H20N6O2/c23-15(20-6-1-2-7-20)12-10-18-22-9-3-8-21(11-14(12)22)16(24)13-4-5-17-19-13/h4-5,10H,1-3,6-9,11H2,(H,17,19). The van der Waals surface area contributed by atoms with E-state index in [1.807, 2.05) is 9.58 Å². The molecular weight excluding hydrogens is 308 g/mol. The number of aromatic amines is 1. The van der Waals surface area contributed by atoms with Crippen LogP contribution in [0.1, 0.15) is 45.8 Å². The van der Waals surface area contributed by atoms with Gasteiger partial charge in [-0.25, -0.2) is 0 Å². The van der Waals surface area contributed by atoms with Crippen molar-refractivity contribution in [2.45, 2.75) is 32.4 Å². The predicted octanol–water partition coefficient (Wildman–Crippen LogP) is 0.888. The number of hydrogen-bond acceptors (Lipinski definition) is 4. The highest BCUT2D eigenvalue weighted by atomic mass is 16.2. The van der Waals surface area contributed by atoms with Crippen LogP contribution in [0, 0.1) is 0 Å². The molecule has 2 aromatic heterocycles. The van der Waals surface area contributed by atoms with Gasteiger partial charge >= 0.3 is 0 Å². The highest BCUT2D eigenvalue weighted by Crippen LogP contribution is 2.21. The van der Waals surface area contributed by atoms with E-state index in [4.69, 9.17) is 0 Å². The lowest BCUT2D eigenvalue weighted by Gasteiger charge is -2.20. The van der Waals surface area contributed by atoms with Gasteiger partial charge in [0.05, 0.1) is 24.0 Å². The quantitative estimate of drug-likeness (QED) is 0.887. The fourth-order valence-corrected chi connectivity index (χ4v) is 3.43. The Labute approximate surface area is 139 Å². The molecule has 0 spiro atoms. The summed E-state index contributed by atoms with van der Waals surface area (Å²) in [7, 11) is 0. The van der Waals surface area contributed by atoms with Gasteiger partial charge in [0.25, 0.3) is 11.8 Å². The number of carbonyl (C=O) groups is 2. The monoisotopic (exact) mass is 328 g/mol. The third-order valence-electron chi connectivity index (χ3n) is 4.73. The van der Waals surface area contributed by atoms with Gasteiger partial charge in [-0.15, -0.1) is 0 Å². The topological polar surface area (TPSA) is 87.1 Å². The second-order valence-electron chi connectivity index (χ2n) is 6.28. The normalized spacial score (nSPS) is 17.7. The second kappa shape index (κ2) is 6.10. The maximum atomic E-state index is 12.8. The van der Waals surface area contributed by atoms with Gasteiger partial charge in [-0.1, -0.05) is 0 Å². The molecule has 0 bridgehead atoms. The van der Waals surface area contributed by atoms with Crippen LogP contribution >= 0.6 is 0 Å². The van der Waals surface area contributed by atoms with Crippen LogP contribution in [0.5, 0.6) is 0 Å². The summed E-state index contributed by atoms with van der Waals surface area (Å²) in [5.41, 5.74) is 1.92. The van der Waals surface area contributed by atoms with E-state index in [1.165, 1.54) is 0 Å². The molecular formula is C16H20N6O2. The van der Waals surface area contributed by atoms with Gasteiger partial charge in [0.15, 0.2) is 0 Å². The first kappa shape index (κ1) is 14.9. The van der Waals surface area contributed by atoms with Crippen molar-refractivity contribution >= 4 is 11.8 Å². The van der Waals surface area contributed by atoms with Crippen molar-refractivity contribution in [1.82, 2.24) is 29.8 Å². The first-order chi connectivity index (χ1) is 11.7. The van der Waals surface area contributed by atoms with Crippen LogP contribution in [0.25, 0.3) is 0 Å². The van der Waals surface area contributed by atoms with Gasteiger partial charge in [0.1, 0.15) is 5.69 Å². The number of amides is 2. The molecule has 0 atom stereocenters. The van der Waals surface area contributed by atoms with Crippen LogP contribution in [0.2, 0.25) is 0 Å². The van der Waals surface area contributed by atoms with Crippen molar-refractivity contribution in [3.8, 4) is 0 Å². The van der Waals surface area contributed by atoms with Gasteiger partial charge in [-0.2, -0.15) is 10.2 Å². The van der Waals surface area contributed by atoms with Crippen molar-refractivity contribution in [3.63, 3.8) is 0 Å². The number of carbonyl (C=O) groups excluding carboxylic acids is 2. The Morgan fingerprint density at radius 3 is 2.54 bits per heavy atom. The molecule has 8 nitrogen and oxygen atoms in total. The second-order valence-corrected chi connectivity index (χ2v) is 6.28. The fourth-order valence-electron chi connectivity index (χ4n) is 3.43. The number of hydrogen-bond donors (Lipinski definition) is 1. The largest absolute Gasteiger partial charge is 0.339 e. The molecule has 2 amide bonds. The van der Waals surface area contributed by atoms with E-state index >= 15 is 0 Å². The lowest BCUT2D eigenvalue weighted by atomic mass is 10.2. The van der Waals surface area contributed by atoms with Gasteiger partial charge < -0.3 is 9.80 Å². The zero-order valence-corrected chi connectivity index (χ0v) is 13.4. The van der Waals surface area contributed by atoms with Gasteiger partial charge in [0, 0.05) is 32.4 Å². The molecule has 0 saturated carbocycles. The maximum Gasteiger partial charge on any atom is 0.272 e. The summed E-state index contributed by atoms with van der Waals surface area (Å²) in [6.45, 7) is 3.36. The molecule has 2 aromatic rings. The number of H-pyrrole nitrogens is 1. The lowest BCUT2D eigenvalue weighted by molar-refractivity contribution is 0.0730. The Hall–Kier alpha value is -2.64. The molecule has 1 N–H and O–H groups in total. The number of rotatable bonds is 2. The number of fused-ring (bicyclic) bond motifs is 1. The van der Waals surface area contributed by atoms with E-state index in [-0.39, 0.29) is 11.8 Å². The molecule has 4 heterocycles. The van der Waals surface area contributed by atoms with E-state index in [9.17, 15) is 9.59 Å². The number of nitrogens with zero attached hydrogens (tertiary/aromatic N) is 5. The van der Waals surface area contributed by atoms with Crippen molar-refractivity contribution in [2.75, 3.05) is 19.6 Å². The van der Waals surface area contributed by atoms with Crippen molar-refractivity contribution in [1.29, 1.82) is 0 Å². The third kappa shape index (κ3) is 2.57. The summed E-state index contributed by atoms with van der Waals surface area (Å²) in [4.78, 5) is 29.0.